The van der Waals surface area contributed by atoms with Gasteiger partial charge in [-0.25, -0.2) is 8.42 Å². The molecule has 0 aliphatic heterocycles. The van der Waals surface area contributed by atoms with Crippen molar-refractivity contribution in [2.75, 3.05) is 16.2 Å². The fourth-order valence-corrected chi connectivity index (χ4v) is 5.06. The van der Waals surface area contributed by atoms with Crippen molar-refractivity contribution in [2.24, 2.45) is 0 Å². The zero-order valence-corrected chi connectivity index (χ0v) is 19.6. The Morgan fingerprint density at radius 2 is 1.45 bits per heavy atom. The molecule has 0 radical (unpaired) electrons. The third-order valence-electron chi connectivity index (χ3n) is 4.79. The molecule has 0 unspecified atom stereocenters. The second-order valence-electron chi connectivity index (χ2n) is 7.26. The van der Waals surface area contributed by atoms with Gasteiger partial charge >= 0.3 is 0 Å². The third-order valence-corrected chi connectivity index (χ3v) is 7.03. The quantitative estimate of drug-likeness (QED) is 0.492. The topological polar surface area (TPSA) is 66.5 Å². The van der Waals surface area contributed by atoms with Gasteiger partial charge in [0.15, 0.2) is 0 Å². The van der Waals surface area contributed by atoms with Gasteiger partial charge in [-0.2, -0.15) is 0 Å². The molecule has 0 heterocycles. The number of halogens is 2. The van der Waals surface area contributed by atoms with E-state index in [1.165, 1.54) is 12.1 Å². The molecular formula is C23H22Cl2N2O3S. The monoisotopic (exact) mass is 476 g/mol. The van der Waals surface area contributed by atoms with Crippen LogP contribution in [0.5, 0.6) is 0 Å². The van der Waals surface area contributed by atoms with Gasteiger partial charge in [0.2, 0.25) is 5.91 Å². The largest absolute Gasteiger partial charge is 0.324 e. The number of anilines is 2. The number of carbonyl (C=O) groups excluding carboxylic acids is 1. The molecule has 1 amide bonds. The molecular weight excluding hydrogens is 455 g/mol. The Morgan fingerprint density at radius 3 is 2.03 bits per heavy atom. The number of nitrogens with one attached hydrogen (secondary N) is 1. The molecule has 0 aliphatic carbocycles. The standard InChI is InChI=1S/C23H22Cl2N2O3S/c1-15-4-8-20(9-5-15)31(29,30)27(22-11-7-19(25)13-17(22)3)14-23(28)26-21-10-6-18(24)12-16(21)2/h4-13H,14H2,1-3H3,(H,26,28). The van der Waals surface area contributed by atoms with Crippen LogP contribution in [0.2, 0.25) is 10.0 Å². The van der Waals surface area contributed by atoms with Crippen LogP contribution in [0.3, 0.4) is 0 Å². The van der Waals surface area contributed by atoms with Gasteiger partial charge in [-0.05, 0) is 80.4 Å². The van der Waals surface area contributed by atoms with E-state index in [1.54, 1.807) is 55.5 Å². The van der Waals surface area contributed by atoms with Gasteiger partial charge in [0.05, 0.1) is 10.6 Å². The van der Waals surface area contributed by atoms with Crippen LogP contribution in [0.25, 0.3) is 0 Å². The van der Waals surface area contributed by atoms with Crippen molar-refractivity contribution in [3.63, 3.8) is 0 Å². The highest BCUT2D eigenvalue weighted by Crippen LogP contribution is 2.29. The molecule has 0 atom stereocenters. The maximum atomic E-state index is 13.5. The molecule has 8 heteroatoms. The maximum absolute atomic E-state index is 13.5. The summed E-state index contributed by atoms with van der Waals surface area (Å²) in [5.41, 5.74) is 3.29. The minimum atomic E-state index is -4.00. The van der Waals surface area contributed by atoms with Crippen LogP contribution in [0, 0.1) is 20.8 Å². The summed E-state index contributed by atoms with van der Waals surface area (Å²) in [7, 11) is -4.00. The minimum Gasteiger partial charge on any atom is -0.324 e. The van der Waals surface area contributed by atoms with Gasteiger partial charge in [0.25, 0.3) is 10.0 Å². The summed E-state index contributed by atoms with van der Waals surface area (Å²) in [6.45, 7) is 5.03. The van der Waals surface area contributed by atoms with Crippen LogP contribution < -0.4 is 9.62 Å². The van der Waals surface area contributed by atoms with Crippen molar-refractivity contribution < 1.29 is 13.2 Å². The molecule has 0 saturated heterocycles. The van der Waals surface area contributed by atoms with Gasteiger partial charge in [-0.1, -0.05) is 40.9 Å². The highest BCUT2D eigenvalue weighted by atomic mass is 35.5. The molecule has 0 aromatic heterocycles. The predicted molar refractivity (Wildman–Crippen MR) is 127 cm³/mol. The number of nitrogens with zero attached hydrogens (tertiary/aromatic N) is 1. The first-order valence-corrected chi connectivity index (χ1v) is 11.7. The first-order valence-electron chi connectivity index (χ1n) is 9.49. The summed E-state index contributed by atoms with van der Waals surface area (Å²) < 4.78 is 28.1. The molecule has 3 aromatic rings. The van der Waals surface area contributed by atoms with Crippen molar-refractivity contribution in [1.82, 2.24) is 0 Å². The van der Waals surface area contributed by atoms with Gasteiger partial charge in [-0.15, -0.1) is 0 Å². The fraction of sp³-hybridized carbons (Fsp3) is 0.174. The summed E-state index contributed by atoms with van der Waals surface area (Å²) >= 11 is 12.0. The van der Waals surface area contributed by atoms with E-state index in [1.807, 2.05) is 13.8 Å². The van der Waals surface area contributed by atoms with E-state index >= 15 is 0 Å². The van der Waals surface area contributed by atoms with Crippen LogP contribution in [-0.2, 0) is 14.8 Å². The third kappa shape index (κ3) is 5.39. The van der Waals surface area contributed by atoms with Crippen molar-refractivity contribution >= 4 is 50.5 Å². The van der Waals surface area contributed by atoms with Crippen LogP contribution in [0.4, 0.5) is 11.4 Å². The first-order chi connectivity index (χ1) is 14.6. The predicted octanol–water partition coefficient (Wildman–Crippen LogP) is 5.75. The molecule has 0 saturated carbocycles. The van der Waals surface area contributed by atoms with Gasteiger partial charge in [0, 0.05) is 15.7 Å². The molecule has 162 valence electrons. The number of benzene rings is 3. The lowest BCUT2D eigenvalue weighted by Crippen LogP contribution is -2.38. The molecule has 5 nitrogen and oxygen atoms in total. The van der Waals surface area contributed by atoms with E-state index in [2.05, 4.69) is 5.32 Å². The van der Waals surface area contributed by atoms with E-state index in [-0.39, 0.29) is 4.90 Å². The summed E-state index contributed by atoms with van der Waals surface area (Å²) in [6, 6.07) is 16.4. The Morgan fingerprint density at radius 1 is 0.871 bits per heavy atom. The highest BCUT2D eigenvalue weighted by Gasteiger charge is 2.28. The highest BCUT2D eigenvalue weighted by molar-refractivity contribution is 7.92. The molecule has 1 N–H and O–H groups in total. The van der Waals surface area contributed by atoms with Gasteiger partial charge in [0.1, 0.15) is 6.54 Å². The number of aryl methyl sites for hydroxylation is 3. The Kier molecular flexibility index (Phi) is 6.94. The zero-order valence-electron chi connectivity index (χ0n) is 17.3. The molecule has 0 aliphatic rings. The molecule has 0 spiro atoms. The summed E-state index contributed by atoms with van der Waals surface area (Å²) in [5.74, 6) is -0.476. The maximum Gasteiger partial charge on any atom is 0.264 e. The average molecular weight is 477 g/mol. The van der Waals surface area contributed by atoms with E-state index in [4.69, 9.17) is 23.2 Å². The first kappa shape index (κ1) is 23.1. The average Bonchev–Trinajstić information content (AvgIpc) is 2.69. The minimum absolute atomic E-state index is 0.0999. The number of sulfonamides is 1. The van der Waals surface area contributed by atoms with Crippen LogP contribution >= 0.6 is 23.2 Å². The Labute approximate surface area is 192 Å². The number of hydrogen-bond acceptors (Lipinski definition) is 3. The fourth-order valence-electron chi connectivity index (χ4n) is 3.12. The van der Waals surface area contributed by atoms with E-state index in [0.717, 1.165) is 15.4 Å². The number of amides is 1. The van der Waals surface area contributed by atoms with Crippen molar-refractivity contribution in [3.8, 4) is 0 Å². The number of hydrogen-bond donors (Lipinski definition) is 1. The number of rotatable bonds is 6. The molecule has 3 aromatic carbocycles. The van der Waals surface area contributed by atoms with Crippen LogP contribution in [0.1, 0.15) is 16.7 Å². The molecule has 0 fully saturated rings. The lowest BCUT2D eigenvalue weighted by molar-refractivity contribution is -0.114. The Balaban J connectivity index is 1.99. The van der Waals surface area contributed by atoms with Crippen LogP contribution in [-0.4, -0.2) is 20.9 Å². The SMILES string of the molecule is Cc1ccc(S(=O)(=O)N(CC(=O)Nc2ccc(Cl)cc2C)c2ccc(Cl)cc2C)cc1. The molecule has 3 rings (SSSR count). The Bertz CT molecular complexity index is 1230. The van der Waals surface area contributed by atoms with Crippen molar-refractivity contribution in [1.29, 1.82) is 0 Å². The lowest BCUT2D eigenvalue weighted by atomic mass is 10.2. The normalized spacial score (nSPS) is 11.3. The van der Waals surface area contributed by atoms with Gasteiger partial charge < -0.3 is 5.32 Å². The number of carbonyl (C=O) groups is 1. The van der Waals surface area contributed by atoms with Crippen LogP contribution in [0.15, 0.2) is 65.6 Å². The van der Waals surface area contributed by atoms with Gasteiger partial charge in [-0.3, -0.25) is 9.10 Å². The Hall–Kier alpha value is -2.54. The van der Waals surface area contributed by atoms with E-state index in [0.29, 0.717) is 27.0 Å². The van der Waals surface area contributed by atoms with E-state index < -0.39 is 22.5 Å². The van der Waals surface area contributed by atoms with Crippen molar-refractivity contribution in [2.45, 2.75) is 25.7 Å². The second kappa shape index (κ2) is 9.30. The summed E-state index contributed by atoms with van der Waals surface area (Å²) in [4.78, 5) is 13.0. The van der Waals surface area contributed by atoms with E-state index in [9.17, 15) is 13.2 Å². The summed E-state index contributed by atoms with van der Waals surface area (Å²) in [6.07, 6.45) is 0. The van der Waals surface area contributed by atoms with Crippen molar-refractivity contribution in [3.05, 3.63) is 87.4 Å². The zero-order chi connectivity index (χ0) is 22.8. The smallest absolute Gasteiger partial charge is 0.264 e. The summed E-state index contributed by atoms with van der Waals surface area (Å²) in [5, 5.41) is 3.80. The molecule has 31 heavy (non-hydrogen) atoms. The molecule has 0 bridgehead atoms. The lowest BCUT2D eigenvalue weighted by Gasteiger charge is -2.26. The second-order valence-corrected chi connectivity index (χ2v) is 10.00.